The Balaban J connectivity index is 1.46. The summed E-state index contributed by atoms with van der Waals surface area (Å²) in [6.07, 6.45) is 5.14. The van der Waals surface area contributed by atoms with Crippen LogP contribution in [0.4, 0.5) is 4.39 Å². The molecular formula is C20H21FN4O3. The first-order valence-corrected chi connectivity index (χ1v) is 9.30. The van der Waals surface area contributed by atoms with Crippen molar-refractivity contribution in [2.24, 2.45) is 0 Å². The molecule has 1 aromatic carbocycles. The van der Waals surface area contributed by atoms with Crippen molar-refractivity contribution in [2.75, 3.05) is 19.8 Å². The molecule has 8 heteroatoms. The molecule has 4 rings (SSSR count). The molecule has 2 aromatic heterocycles. The van der Waals surface area contributed by atoms with E-state index in [0.717, 1.165) is 29.3 Å². The number of halogens is 1. The van der Waals surface area contributed by atoms with Gasteiger partial charge >= 0.3 is 5.97 Å². The van der Waals surface area contributed by atoms with Gasteiger partial charge in [0.15, 0.2) is 0 Å². The predicted octanol–water partition coefficient (Wildman–Crippen LogP) is 3.05. The number of aromatic amines is 1. The molecule has 1 fully saturated rings. The number of piperidine rings is 1. The molecule has 1 saturated heterocycles. The normalized spacial score (nSPS) is 15.2. The summed E-state index contributed by atoms with van der Waals surface area (Å²) in [5.74, 6) is -0.823. The number of rotatable bonds is 5. The van der Waals surface area contributed by atoms with E-state index in [1.165, 1.54) is 4.68 Å². The topological polar surface area (TPSA) is 91.2 Å². The molecule has 28 heavy (non-hydrogen) atoms. The molecule has 1 aliphatic rings. The van der Waals surface area contributed by atoms with Crippen molar-refractivity contribution >= 4 is 22.8 Å². The molecule has 0 radical (unpaired) electrons. The largest absolute Gasteiger partial charge is 0.478 e. The van der Waals surface area contributed by atoms with Crippen LogP contribution < -0.4 is 0 Å². The van der Waals surface area contributed by atoms with E-state index in [0.29, 0.717) is 18.8 Å². The van der Waals surface area contributed by atoms with E-state index in [2.05, 4.69) is 10.1 Å². The van der Waals surface area contributed by atoms with Crippen molar-refractivity contribution in [1.82, 2.24) is 19.7 Å². The van der Waals surface area contributed by atoms with Crippen molar-refractivity contribution in [3.05, 3.63) is 53.5 Å². The lowest BCUT2D eigenvalue weighted by Crippen LogP contribution is -2.38. The van der Waals surface area contributed by atoms with Crippen LogP contribution in [0, 0.1) is 0 Å². The molecule has 3 aromatic rings. The number of carboxylic acids is 1. The number of nitrogens with zero attached hydrogens (tertiary/aromatic N) is 3. The van der Waals surface area contributed by atoms with Crippen LogP contribution in [0.1, 0.15) is 45.2 Å². The molecule has 0 spiro atoms. The number of fused-ring (bicyclic) bond motifs is 1. The highest BCUT2D eigenvalue weighted by molar-refractivity contribution is 5.95. The number of carbonyl (C=O) groups is 2. The smallest absolute Gasteiger partial charge is 0.335 e. The number of nitrogens with one attached hydrogen (secondary N) is 1. The number of benzene rings is 1. The number of carboxylic acid groups (broad SMARTS) is 1. The minimum atomic E-state index is -0.943. The maximum Gasteiger partial charge on any atom is 0.335 e. The van der Waals surface area contributed by atoms with Crippen LogP contribution in [0.3, 0.4) is 0 Å². The molecule has 0 atom stereocenters. The van der Waals surface area contributed by atoms with E-state index in [4.69, 9.17) is 0 Å². The van der Waals surface area contributed by atoms with Gasteiger partial charge in [-0.05, 0) is 48.6 Å². The van der Waals surface area contributed by atoms with E-state index in [1.54, 1.807) is 35.4 Å². The summed E-state index contributed by atoms with van der Waals surface area (Å²) < 4.78 is 13.8. The Hall–Kier alpha value is -3.16. The first-order chi connectivity index (χ1) is 13.6. The highest BCUT2D eigenvalue weighted by atomic mass is 19.1. The quantitative estimate of drug-likeness (QED) is 0.707. The first kappa shape index (κ1) is 18.2. The van der Waals surface area contributed by atoms with Crippen LogP contribution >= 0.6 is 0 Å². The number of H-pyrrole nitrogens is 1. The highest BCUT2D eigenvalue weighted by Gasteiger charge is 2.27. The van der Waals surface area contributed by atoms with Gasteiger partial charge < -0.3 is 15.0 Å². The van der Waals surface area contributed by atoms with Crippen molar-refractivity contribution in [1.29, 1.82) is 0 Å². The number of aromatic carboxylic acids is 1. The molecule has 0 bridgehead atoms. The molecule has 7 nitrogen and oxygen atoms in total. The van der Waals surface area contributed by atoms with Gasteiger partial charge in [0, 0.05) is 36.4 Å². The average Bonchev–Trinajstić information content (AvgIpc) is 3.34. The third-order valence-corrected chi connectivity index (χ3v) is 5.36. The van der Waals surface area contributed by atoms with Crippen molar-refractivity contribution < 1.29 is 19.1 Å². The minimum Gasteiger partial charge on any atom is -0.478 e. The second kappa shape index (κ2) is 7.46. The second-order valence-corrected chi connectivity index (χ2v) is 7.03. The molecule has 0 aliphatic carbocycles. The number of amides is 1. The van der Waals surface area contributed by atoms with Gasteiger partial charge in [0.1, 0.15) is 12.4 Å². The minimum absolute atomic E-state index is 0.136. The van der Waals surface area contributed by atoms with Gasteiger partial charge in [0.05, 0.1) is 12.1 Å². The van der Waals surface area contributed by atoms with Gasteiger partial charge in [-0.3, -0.25) is 9.48 Å². The van der Waals surface area contributed by atoms with Crippen molar-refractivity contribution in [3.63, 3.8) is 0 Å². The summed E-state index contributed by atoms with van der Waals surface area (Å²) in [5, 5.41) is 14.3. The van der Waals surface area contributed by atoms with Gasteiger partial charge in [-0.25, -0.2) is 9.18 Å². The number of alkyl halides is 1. The molecule has 3 heterocycles. The zero-order valence-electron chi connectivity index (χ0n) is 15.3. The summed E-state index contributed by atoms with van der Waals surface area (Å²) in [5.41, 5.74) is 2.62. The van der Waals surface area contributed by atoms with Crippen molar-refractivity contribution in [2.45, 2.75) is 25.3 Å². The third-order valence-electron chi connectivity index (χ3n) is 5.36. The maximum absolute atomic E-state index is 12.6. The zero-order chi connectivity index (χ0) is 19.7. The van der Waals surface area contributed by atoms with E-state index in [-0.39, 0.29) is 23.9 Å². The summed E-state index contributed by atoms with van der Waals surface area (Å²) in [6.45, 7) is 0.832. The fourth-order valence-corrected chi connectivity index (χ4v) is 3.86. The zero-order valence-corrected chi connectivity index (χ0v) is 15.3. The Morgan fingerprint density at radius 2 is 2.04 bits per heavy atom. The van der Waals surface area contributed by atoms with Crippen LogP contribution in [-0.2, 0) is 6.54 Å². The fourth-order valence-electron chi connectivity index (χ4n) is 3.86. The van der Waals surface area contributed by atoms with Crippen LogP contribution in [-0.4, -0.2) is 56.4 Å². The Morgan fingerprint density at radius 1 is 1.25 bits per heavy atom. The van der Waals surface area contributed by atoms with Gasteiger partial charge in [0.25, 0.3) is 5.91 Å². The molecule has 1 aliphatic heterocycles. The Morgan fingerprint density at radius 3 is 2.75 bits per heavy atom. The van der Waals surface area contributed by atoms with Gasteiger partial charge in [-0.15, -0.1) is 0 Å². The van der Waals surface area contributed by atoms with Crippen LogP contribution in [0.5, 0.6) is 0 Å². The maximum atomic E-state index is 12.6. The lowest BCUT2D eigenvalue weighted by Gasteiger charge is -2.31. The number of aryl methyl sites for hydroxylation is 1. The van der Waals surface area contributed by atoms with Crippen LogP contribution in [0.25, 0.3) is 10.9 Å². The molecule has 146 valence electrons. The van der Waals surface area contributed by atoms with E-state index >= 15 is 0 Å². The fraction of sp³-hybridized carbons (Fsp3) is 0.350. The Bertz CT molecular complexity index is 1020. The van der Waals surface area contributed by atoms with Gasteiger partial charge in [-0.2, -0.15) is 5.10 Å². The average molecular weight is 384 g/mol. The lowest BCUT2D eigenvalue weighted by atomic mass is 9.89. The summed E-state index contributed by atoms with van der Waals surface area (Å²) in [6, 6.07) is 6.71. The Labute approximate surface area is 160 Å². The van der Waals surface area contributed by atoms with Crippen LogP contribution in [0.15, 0.2) is 36.7 Å². The number of hydrogen-bond donors (Lipinski definition) is 2. The molecule has 1 amide bonds. The van der Waals surface area contributed by atoms with E-state index < -0.39 is 12.6 Å². The number of aromatic nitrogens is 3. The number of carbonyl (C=O) groups excluding carboxylic acids is 1. The summed E-state index contributed by atoms with van der Waals surface area (Å²) >= 11 is 0. The number of hydrogen-bond acceptors (Lipinski definition) is 3. The molecule has 0 saturated carbocycles. The SMILES string of the molecule is O=C(O)c1ccc2[nH]cc(C3CCN(C(=O)c4ccn(CCF)n4)CC3)c2c1. The standard InChI is InChI=1S/C20H21FN4O3/c21-6-10-25-9-5-18(23-25)19(26)24-7-3-13(4-8-24)16-12-22-17-2-1-14(20(27)28)11-15(16)17/h1-2,5,9,11-13,22H,3-4,6-8,10H2,(H,27,28). The molecular weight excluding hydrogens is 363 g/mol. The molecule has 2 N–H and O–H groups in total. The Kier molecular flexibility index (Phi) is 4.85. The lowest BCUT2D eigenvalue weighted by molar-refractivity contribution is 0.0691. The monoisotopic (exact) mass is 384 g/mol. The highest BCUT2D eigenvalue weighted by Crippen LogP contribution is 2.34. The number of likely N-dealkylation sites (tertiary alicyclic amines) is 1. The van der Waals surface area contributed by atoms with E-state index in [1.807, 2.05) is 6.20 Å². The summed E-state index contributed by atoms with van der Waals surface area (Å²) in [4.78, 5) is 28.9. The van der Waals surface area contributed by atoms with Gasteiger partial charge in [-0.1, -0.05) is 0 Å². The summed E-state index contributed by atoms with van der Waals surface area (Å²) in [7, 11) is 0. The first-order valence-electron chi connectivity index (χ1n) is 9.30. The van der Waals surface area contributed by atoms with Crippen molar-refractivity contribution in [3.8, 4) is 0 Å². The third kappa shape index (κ3) is 3.37. The second-order valence-electron chi connectivity index (χ2n) is 7.03. The van der Waals surface area contributed by atoms with Gasteiger partial charge in [0.2, 0.25) is 0 Å². The van der Waals surface area contributed by atoms with E-state index in [9.17, 15) is 19.1 Å². The molecule has 0 unspecified atom stereocenters. The predicted molar refractivity (Wildman–Crippen MR) is 101 cm³/mol. The van der Waals surface area contributed by atoms with Crippen LogP contribution in [0.2, 0.25) is 0 Å².